The molecule has 4 rings (SSSR count). The van der Waals surface area contributed by atoms with Crippen molar-refractivity contribution in [1.29, 1.82) is 0 Å². The van der Waals surface area contributed by atoms with Crippen LogP contribution in [0.3, 0.4) is 0 Å². The van der Waals surface area contributed by atoms with Crippen LogP contribution in [0.4, 0.5) is 5.82 Å². The molecule has 13 heteroatoms. The maximum Gasteiger partial charge on any atom is 0.226 e. The quantitative estimate of drug-likeness (QED) is 0.492. The highest BCUT2D eigenvalue weighted by atomic mass is 35.5. The maximum atomic E-state index is 10.4. The van der Waals surface area contributed by atoms with E-state index < -0.39 is 24.5 Å². The van der Waals surface area contributed by atoms with Gasteiger partial charge in [-0.1, -0.05) is 0 Å². The van der Waals surface area contributed by atoms with E-state index in [9.17, 15) is 10.2 Å². The smallest absolute Gasteiger partial charge is 0.226 e. The topological polar surface area (TPSA) is 163 Å². The third kappa shape index (κ3) is 2.50. The number of nitrogens with zero attached hydrogens (tertiary/aromatic N) is 8. The summed E-state index contributed by atoms with van der Waals surface area (Å²) < 4.78 is 7.19. The molecule has 4 N–H and O–H groups in total. The largest absolute Gasteiger partial charge is 0.387 e. The normalized spacial score (nSPS) is 26.6. The number of aliphatic hydroxyl groups excluding tert-OH is 2. The van der Waals surface area contributed by atoms with Crippen LogP contribution in [0, 0.1) is 0 Å². The number of rotatable bonds is 3. The van der Waals surface area contributed by atoms with Gasteiger partial charge in [-0.15, -0.1) is 10.2 Å². The minimum absolute atomic E-state index is 0.0658. The van der Waals surface area contributed by atoms with E-state index in [4.69, 9.17) is 22.1 Å². The zero-order chi connectivity index (χ0) is 17.7. The summed E-state index contributed by atoms with van der Waals surface area (Å²) in [7, 11) is 0. The molecule has 0 radical (unpaired) electrons. The number of hydrogen-bond donors (Lipinski definition) is 3. The van der Waals surface area contributed by atoms with Crippen molar-refractivity contribution in [1.82, 2.24) is 39.7 Å². The van der Waals surface area contributed by atoms with Gasteiger partial charge in [-0.05, 0) is 23.7 Å². The lowest BCUT2D eigenvalue weighted by molar-refractivity contribution is -0.0384. The molecule has 132 valence electrons. The second-order valence-electron chi connectivity index (χ2n) is 5.47. The second-order valence-corrected chi connectivity index (χ2v) is 5.80. The Labute approximate surface area is 145 Å². The maximum absolute atomic E-state index is 10.4. The standard InChI is InChI=1S/C12H14ClN9O3/c1-2-22-19-9(18-20-22)7-5(23)6(24)11(25-7)21-3-15-4-8(14)16-12(13)17-10(4)21/h3,5-7,11,23-24H,2H2,1H3,(H2,14,16,17). The molecular formula is C12H14ClN9O3. The van der Waals surface area contributed by atoms with Crippen LogP contribution >= 0.6 is 11.6 Å². The molecule has 0 amide bonds. The monoisotopic (exact) mass is 367 g/mol. The number of aryl methyl sites for hydroxylation is 1. The minimum atomic E-state index is -1.27. The van der Waals surface area contributed by atoms with Crippen LogP contribution in [0.25, 0.3) is 11.2 Å². The van der Waals surface area contributed by atoms with E-state index in [1.54, 1.807) is 0 Å². The zero-order valence-electron chi connectivity index (χ0n) is 12.9. The van der Waals surface area contributed by atoms with Crippen LogP contribution in [0.2, 0.25) is 5.28 Å². The summed E-state index contributed by atoms with van der Waals surface area (Å²) >= 11 is 5.84. The lowest BCUT2D eigenvalue weighted by Gasteiger charge is -2.16. The summed E-state index contributed by atoms with van der Waals surface area (Å²) in [4.78, 5) is 13.4. The molecule has 0 spiro atoms. The van der Waals surface area contributed by atoms with Crippen LogP contribution in [-0.2, 0) is 11.3 Å². The molecule has 12 nitrogen and oxygen atoms in total. The van der Waals surface area contributed by atoms with Crippen molar-refractivity contribution in [2.75, 3.05) is 5.73 Å². The predicted octanol–water partition coefficient (Wildman–Crippen LogP) is -0.940. The molecule has 0 bridgehead atoms. The number of halogens is 1. The van der Waals surface area contributed by atoms with Gasteiger partial charge in [0.05, 0.1) is 12.9 Å². The number of ether oxygens (including phenoxy) is 1. The first-order valence-corrected chi connectivity index (χ1v) is 7.82. The first-order valence-electron chi connectivity index (χ1n) is 7.44. The molecule has 4 heterocycles. The molecule has 25 heavy (non-hydrogen) atoms. The Morgan fingerprint density at radius 1 is 1.32 bits per heavy atom. The van der Waals surface area contributed by atoms with Crippen LogP contribution in [-0.4, -0.2) is 62.1 Å². The fraction of sp³-hybridized carbons (Fsp3) is 0.500. The van der Waals surface area contributed by atoms with Crippen molar-refractivity contribution in [3.63, 3.8) is 0 Å². The SMILES string of the molecule is CCn1nnc(C2OC(n3cnc4c(N)nc(Cl)nc43)C(O)C2O)n1. The number of anilines is 1. The van der Waals surface area contributed by atoms with Crippen molar-refractivity contribution in [3.05, 3.63) is 17.4 Å². The highest BCUT2D eigenvalue weighted by molar-refractivity contribution is 6.28. The Morgan fingerprint density at radius 3 is 2.84 bits per heavy atom. The number of fused-ring (bicyclic) bond motifs is 1. The van der Waals surface area contributed by atoms with E-state index in [0.717, 1.165) is 0 Å². The van der Waals surface area contributed by atoms with Crippen molar-refractivity contribution in [2.45, 2.75) is 38.0 Å². The molecule has 1 fully saturated rings. The van der Waals surface area contributed by atoms with Gasteiger partial charge in [-0.25, -0.2) is 4.98 Å². The number of aromatic nitrogens is 8. The van der Waals surface area contributed by atoms with E-state index in [1.165, 1.54) is 15.7 Å². The fourth-order valence-corrected chi connectivity index (χ4v) is 2.87. The third-order valence-electron chi connectivity index (χ3n) is 3.94. The lowest BCUT2D eigenvalue weighted by atomic mass is 10.1. The third-order valence-corrected chi connectivity index (χ3v) is 4.11. The van der Waals surface area contributed by atoms with Crippen LogP contribution < -0.4 is 5.73 Å². The Morgan fingerprint density at radius 2 is 2.12 bits per heavy atom. The van der Waals surface area contributed by atoms with Gasteiger partial charge in [0.15, 0.2) is 23.8 Å². The summed E-state index contributed by atoms with van der Waals surface area (Å²) in [6.07, 6.45) is -3.08. The van der Waals surface area contributed by atoms with Crippen LogP contribution in [0.5, 0.6) is 0 Å². The summed E-state index contributed by atoms with van der Waals surface area (Å²) in [5.74, 6) is 0.276. The summed E-state index contributed by atoms with van der Waals surface area (Å²) in [5.41, 5.74) is 6.36. The molecule has 3 aromatic rings. The summed E-state index contributed by atoms with van der Waals surface area (Å²) in [6.45, 7) is 2.36. The molecule has 0 aliphatic carbocycles. The van der Waals surface area contributed by atoms with Crippen molar-refractivity contribution in [3.8, 4) is 0 Å². The zero-order valence-corrected chi connectivity index (χ0v) is 13.7. The number of imidazole rings is 1. The van der Waals surface area contributed by atoms with Crippen LogP contribution in [0.15, 0.2) is 6.33 Å². The van der Waals surface area contributed by atoms with Gasteiger partial charge in [-0.2, -0.15) is 14.8 Å². The van der Waals surface area contributed by atoms with Gasteiger partial charge < -0.3 is 20.7 Å². The van der Waals surface area contributed by atoms with Gasteiger partial charge in [0, 0.05) is 0 Å². The predicted molar refractivity (Wildman–Crippen MR) is 83.1 cm³/mol. The molecule has 1 saturated heterocycles. The highest BCUT2D eigenvalue weighted by Gasteiger charge is 2.47. The Balaban J connectivity index is 1.72. The van der Waals surface area contributed by atoms with Crippen LogP contribution in [0.1, 0.15) is 25.1 Å². The minimum Gasteiger partial charge on any atom is -0.387 e. The van der Waals surface area contributed by atoms with Crippen molar-refractivity contribution in [2.24, 2.45) is 0 Å². The van der Waals surface area contributed by atoms with Gasteiger partial charge in [0.2, 0.25) is 11.1 Å². The molecule has 1 aliphatic rings. The Bertz CT molecular complexity index is 928. The summed E-state index contributed by atoms with van der Waals surface area (Å²) in [6, 6.07) is 0. The van der Waals surface area contributed by atoms with Gasteiger partial charge in [0.25, 0.3) is 0 Å². The second kappa shape index (κ2) is 5.84. The number of tetrazole rings is 1. The van der Waals surface area contributed by atoms with E-state index in [-0.39, 0.29) is 22.6 Å². The highest BCUT2D eigenvalue weighted by Crippen LogP contribution is 2.38. The number of nitrogen functional groups attached to an aromatic ring is 1. The molecular weight excluding hydrogens is 354 g/mol. The molecule has 4 atom stereocenters. The van der Waals surface area contributed by atoms with Gasteiger partial charge in [0.1, 0.15) is 17.7 Å². The lowest BCUT2D eigenvalue weighted by Crippen LogP contribution is -2.29. The van der Waals surface area contributed by atoms with E-state index in [1.807, 2.05) is 6.92 Å². The Hall–Kier alpha value is -2.41. The average Bonchev–Trinajstić information content (AvgIpc) is 3.27. The number of aliphatic hydroxyl groups is 2. The number of hydrogen-bond acceptors (Lipinski definition) is 10. The van der Waals surface area contributed by atoms with Gasteiger partial charge in [-0.3, -0.25) is 4.57 Å². The molecule has 1 aliphatic heterocycles. The first kappa shape index (κ1) is 16.1. The van der Waals surface area contributed by atoms with Crippen molar-refractivity contribution < 1.29 is 14.9 Å². The molecule has 0 saturated carbocycles. The fourth-order valence-electron chi connectivity index (χ4n) is 2.70. The van der Waals surface area contributed by atoms with E-state index in [0.29, 0.717) is 12.1 Å². The molecule has 4 unspecified atom stereocenters. The van der Waals surface area contributed by atoms with E-state index >= 15 is 0 Å². The van der Waals surface area contributed by atoms with Crippen molar-refractivity contribution >= 4 is 28.6 Å². The average molecular weight is 368 g/mol. The van der Waals surface area contributed by atoms with E-state index in [2.05, 4.69) is 30.4 Å². The Kier molecular flexibility index (Phi) is 3.76. The first-order chi connectivity index (χ1) is 12.0. The summed E-state index contributed by atoms with van der Waals surface area (Å²) in [5, 5.41) is 32.5. The molecule has 0 aromatic carbocycles. The van der Waals surface area contributed by atoms with Gasteiger partial charge >= 0.3 is 0 Å². The number of nitrogens with two attached hydrogens (primary N) is 1. The molecule has 3 aromatic heterocycles.